The van der Waals surface area contributed by atoms with Gasteiger partial charge in [0.25, 0.3) is 0 Å². The summed E-state index contributed by atoms with van der Waals surface area (Å²) in [5.41, 5.74) is 0. The molecule has 504 valence electrons. The predicted octanol–water partition coefficient (Wildman–Crippen LogP) is 14.8. The summed E-state index contributed by atoms with van der Waals surface area (Å²) in [5, 5.41) is 18.6. The quantitative estimate of drug-likeness (QED) is 0.0144. The Balaban J connectivity index is 1.81. The van der Waals surface area contributed by atoms with Crippen molar-refractivity contribution in [2.24, 2.45) is 35.5 Å². The molecule has 2 aliphatic heterocycles. The zero-order chi connectivity index (χ0) is 65.0. The smallest absolute Gasteiger partial charge is 0.317 e. The van der Waals surface area contributed by atoms with E-state index in [4.69, 9.17) is 38.3 Å². The van der Waals surface area contributed by atoms with Gasteiger partial charge >= 0.3 is 47.8 Å². The molecule has 8 atom stereocenters. The molecule has 2 fully saturated rings. The highest BCUT2D eigenvalue weighted by atomic mass is 16.7. The fraction of sp³-hybridized carbons (Fsp3) is 0.722. The van der Waals surface area contributed by atoms with Gasteiger partial charge in [-0.2, -0.15) is 0 Å². The molecule has 2 heterocycles. The van der Waals surface area contributed by atoms with Crippen LogP contribution < -0.4 is 0 Å². The highest BCUT2D eigenvalue weighted by molar-refractivity contribution is 5.95. The Morgan fingerprint density at radius 2 is 1.04 bits per heavy atom. The van der Waals surface area contributed by atoms with Crippen LogP contribution in [0.4, 0.5) is 0 Å². The number of hydrogen-bond acceptors (Lipinski definition) is 17. The molecule has 17 heteroatoms. The zero-order valence-electron chi connectivity index (χ0n) is 54.8. The number of cyclic esters (lactones) is 4. The van der Waals surface area contributed by atoms with Gasteiger partial charge in [-0.15, -0.1) is 0 Å². The topological polar surface area (TPSA) is 242 Å². The first kappa shape index (κ1) is 79.4. The summed E-state index contributed by atoms with van der Waals surface area (Å²) in [6.07, 6.45) is 51.2. The second-order valence-electron chi connectivity index (χ2n) is 24.0. The minimum Gasteiger partial charge on any atom is -0.463 e. The third-order valence-electron chi connectivity index (χ3n) is 16.4. The predicted molar refractivity (Wildman–Crippen MR) is 344 cm³/mol. The van der Waals surface area contributed by atoms with Crippen molar-refractivity contribution in [1.29, 1.82) is 0 Å². The van der Waals surface area contributed by atoms with Crippen molar-refractivity contribution in [1.82, 2.24) is 0 Å². The number of esters is 8. The van der Waals surface area contributed by atoms with Gasteiger partial charge in [-0.3, -0.25) is 38.4 Å². The molecular weight excluding hydrogens is 1140 g/mol. The van der Waals surface area contributed by atoms with E-state index in [1.807, 2.05) is 56.4 Å². The Morgan fingerprint density at radius 1 is 0.517 bits per heavy atom. The van der Waals surface area contributed by atoms with Gasteiger partial charge in [-0.25, -0.2) is 0 Å². The van der Waals surface area contributed by atoms with E-state index in [1.54, 1.807) is 0 Å². The molecule has 17 nitrogen and oxygen atoms in total. The molecule has 0 bridgehead atoms. The van der Waals surface area contributed by atoms with E-state index < -0.39 is 72.4 Å². The molecule has 0 radical (unpaired) electrons. The van der Waals surface area contributed by atoms with E-state index in [-0.39, 0.29) is 88.4 Å². The molecule has 0 aromatic heterocycles. The lowest BCUT2D eigenvalue weighted by Gasteiger charge is -2.20. The van der Waals surface area contributed by atoms with Crippen molar-refractivity contribution in [2.45, 2.75) is 265 Å². The van der Waals surface area contributed by atoms with Crippen LogP contribution in [-0.4, -0.2) is 103 Å². The van der Waals surface area contributed by atoms with Gasteiger partial charge in [-0.05, 0) is 101 Å². The average Bonchev–Trinajstić information content (AvgIpc) is 3.78. The molecule has 0 spiro atoms. The van der Waals surface area contributed by atoms with Gasteiger partial charge in [-0.1, -0.05) is 210 Å². The van der Waals surface area contributed by atoms with Crippen molar-refractivity contribution in [3.05, 3.63) is 72.9 Å². The van der Waals surface area contributed by atoms with Crippen LogP contribution in [0.1, 0.15) is 252 Å². The number of ether oxygens (including phenoxy) is 7. The van der Waals surface area contributed by atoms with E-state index in [2.05, 4.69) is 44.2 Å². The van der Waals surface area contributed by atoms with Gasteiger partial charge in [0.1, 0.15) is 25.9 Å². The number of unbranched alkanes of at least 4 members (excludes halogenated alkanes) is 21. The first-order chi connectivity index (χ1) is 43.2. The number of aliphatic hydroxyl groups is 2. The average molecular weight is 1250 g/mol. The molecule has 2 N–H and O–H groups in total. The standard InChI is InChI=1S/C72H114O17/c1-5-8-10-11-27-37-45-60(64-50-68(78)86-56-87-71(64)81)46-38-30-25-26-33-41-49-67(77)88-62(54-83-65(75)47-39-31-23-19-15-13-12-14-17-21-28-35-42-58(7-3)63-51-69(79)89-72(63)82)55-84-66(76)48-40-32-24-20-16-18-22-29-36-44-59(43-34-9-6-2)57(4)70(80)85-53-61(74)52-73/h12,14,21-22,28-29,35-36,38,42,44,46,57-64,73-74H,5-11,13,15-20,23-27,30-34,37,39-41,43,45,47-56H2,1-4H3/b14-12-,28-21-,29-22-,42-35+,44-36+,46-38+. The maximum Gasteiger partial charge on any atom is 0.317 e. The molecule has 2 saturated heterocycles. The van der Waals surface area contributed by atoms with Crippen LogP contribution in [0, 0.1) is 35.5 Å². The highest BCUT2D eigenvalue weighted by Crippen LogP contribution is 2.30. The summed E-state index contributed by atoms with van der Waals surface area (Å²) in [5.74, 6) is -4.80. The Labute approximate surface area is 533 Å². The van der Waals surface area contributed by atoms with Crippen LogP contribution in [0.15, 0.2) is 72.9 Å². The normalized spacial score (nSPS) is 17.7. The van der Waals surface area contributed by atoms with E-state index in [9.17, 15) is 43.5 Å². The second-order valence-corrected chi connectivity index (χ2v) is 24.0. The number of aliphatic hydroxyl groups excluding tert-OH is 2. The minimum atomic E-state index is -1.09. The fourth-order valence-electron chi connectivity index (χ4n) is 10.7. The van der Waals surface area contributed by atoms with E-state index in [0.29, 0.717) is 19.3 Å². The summed E-state index contributed by atoms with van der Waals surface area (Å²) in [4.78, 5) is 99.8. The van der Waals surface area contributed by atoms with Crippen LogP contribution in [-0.2, 0) is 71.5 Å². The maximum atomic E-state index is 13.1. The van der Waals surface area contributed by atoms with Crippen molar-refractivity contribution >= 4 is 47.8 Å². The summed E-state index contributed by atoms with van der Waals surface area (Å²) >= 11 is 0. The first-order valence-electron chi connectivity index (χ1n) is 34.2. The minimum absolute atomic E-state index is 0.00154. The molecular formula is C72H114O17. The molecule has 2 aliphatic rings. The van der Waals surface area contributed by atoms with Crippen molar-refractivity contribution in [2.75, 3.05) is 33.2 Å². The van der Waals surface area contributed by atoms with Crippen LogP contribution in [0.25, 0.3) is 0 Å². The molecule has 0 saturated carbocycles. The molecule has 0 aliphatic carbocycles. The van der Waals surface area contributed by atoms with E-state index in [0.717, 1.165) is 154 Å². The molecule has 0 amide bonds. The third kappa shape index (κ3) is 40.6. The number of allylic oxidation sites excluding steroid dienone is 12. The van der Waals surface area contributed by atoms with Gasteiger partial charge in [0.05, 0.1) is 37.2 Å². The molecule has 0 aromatic carbocycles. The van der Waals surface area contributed by atoms with Crippen molar-refractivity contribution < 1.29 is 81.7 Å². The summed E-state index contributed by atoms with van der Waals surface area (Å²) in [6.45, 7) is 6.70. The summed E-state index contributed by atoms with van der Waals surface area (Å²) < 4.78 is 37.0. The fourth-order valence-corrected chi connectivity index (χ4v) is 10.7. The number of hydrogen-bond donors (Lipinski definition) is 2. The first-order valence-corrected chi connectivity index (χ1v) is 34.2. The largest absolute Gasteiger partial charge is 0.463 e. The lowest BCUT2D eigenvalue weighted by atomic mass is 9.84. The molecule has 89 heavy (non-hydrogen) atoms. The lowest BCUT2D eigenvalue weighted by Crippen LogP contribution is -2.30. The third-order valence-corrected chi connectivity index (χ3v) is 16.4. The van der Waals surface area contributed by atoms with Crippen molar-refractivity contribution in [3.63, 3.8) is 0 Å². The molecule has 8 unspecified atom stereocenters. The molecule has 2 rings (SSSR count). The maximum absolute atomic E-state index is 13.1. The summed E-state index contributed by atoms with van der Waals surface area (Å²) in [6, 6.07) is 0. The number of carbonyl (C=O) groups excluding carboxylic acids is 8. The zero-order valence-corrected chi connectivity index (χ0v) is 54.8. The Morgan fingerprint density at radius 3 is 1.66 bits per heavy atom. The van der Waals surface area contributed by atoms with Crippen LogP contribution >= 0.6 is 0 Å². The lowest BCUT2D eigenvalue weighted by molar-refractivity contribution is -0.167. The van der Waals surface area contributed by atoms with Crippen molar-refractivity contribution in [3.8, 4) is 0 Å². The SMILES string of the molecule is CCCCCCCCC(/C=C/CCCCCCC(=O)OC(COC(=O)CCCCCCC/C=C\C=C\C(CCCCC)C(C)C(=O)OCC(O)CO)COC(=O)CCCCCCC/C=C\C/C=C\C=C\C(CC)C1CC(=O)OC1=O)C1CC(=O)OCOC1=O. The number of rotatable bonds is 54. The summed E-state index contributed by atoms with van der Waals surface area (Å²) in [7, 11) is 0. The Bertz CT molecular complexity index is 2160. The Kier molecular flexibility index (Phi) is 47.3. The second kappa shape index (κ2) is 53.0. The monoisotopic (exact) mass is 1250 g/mol. The van der Waals surface area contributed by atoms with Gasteiger partial charge in [0.2, 0.25) is 6.79 Å². The number of carbonyl (C=O) groups is 8. The van der Waals surface area contributed by atoms with Crippen LogP contribution in [0.5, 0.6) is 0 Å². The molecule has 0 aromatic rings. The van der Waals surface area contributed by atoms with E-state index >= 15 is 0 Å². The van der Waals surface area contributed by atoms with Gasteiger partial charge in [0, 0.05) is 19.3 Å². The van der Waals surface area contributed by atoms with Gasteiger partial charge < -0.3 is 43.4 Å². The Hall–Kier alpha value is -5.68. The van der Waals surface area contributed by atoms with E-state index in [1.165, 1.54) is 19.3 Å². The van der Waals surface area contributed by atoms with Crippen LogP contribution in [0.2, 0.25) is 0 Å². The highest BCUT2D eigenvalue weighted by Gasteiger charge is 2.37. The van der Waals surface area contributed by atoms with Gasteiger partial charge in [0.15, 0.2) is 6.10 Å². The van der Waals surface area contributed by atoms with Crippen LogP contribution in [0.3, 0.4) is 0 Å².